The third-order valence-corrected chi connectivity index (χ3v) is 3.92. The lowest BCUT2D eigenvalue weighted by atomic mass is 9.79. The number of ether oxygens (including phenoxy) is 1. The Labute approximate surface area is 107 Å². The van der Waals surface area contributed by atoms with Crippen LogP contribution in [0, 0.1) is 5.92 Å². The van der Waals surface area contributed by atoms with Gasteiger partial charge in [-0.3, -0.25) is 4.79 Å². The van der Waals surface area contributed by atoms with E-state index in [-0.39, 0.29) is 5.91 Å². The average molecular weight is 255 g/mol. The summed E-state index contributed by atoms with van der Waals surface area (Å²) in [7, 11) is 0. The zero-order valence-electron chi connectivity index (χ0n) is 10.8. The summed E-state index contributed by atoms with van der Waals surface area (Å²) >= 11 is 0. The van der Waals surface area contributed by atoms with Crippen molar-refractivity contribution in [3.8, 4) is 0 Å². The molecule has 0 aromatic carbocycles. The van der Waals surface area contributed by atoms with Gasteiger partial charge in [-0.1, -0.05) is 0 Å². The molecule has 1 saturated carbocycles. The summed E-state index contributed by atoms with van der Waals surface area (Å²) in [6, 6.07) is -0.597. The molecule has 1 aliphatic carbocycles. The minimum atomic E-state index is -0.873. The number of likely N-dealkylation sites (tertiary alicyclic amines) is 1. The Balaban J connectivity index is 1.77. The summed E-state index contributed by atoms with van der Waals surface area (Å²) in [4.78, 5) is 24.6. The highest BCUT2D eigenvalue weighted by Crippen LogP contribution is 2.34. The molecule has 2 fully saturated rings. The van der Waals surface area contributed by atoms with Crippen LogP contribution in [0.4, 0.5) is 0 Å². The van der Waals surface area contributed by atoms with E-state index in [9.17, 15) is 9.59 Å². The zero-order valence-corrected chi connectivity index (χ0v) is 10.8. The Morgan fingerprint density at radius 1 is 1.39 bits per heavy atom. The minimum absolute atomic E-state index is 0.000140. The summed E-state index contributed by atoms with van der Waals surface area (Å²) in [6.45, 7) is 3.29. The predicted octanol–water partition coefficient (Wildman–Crippen LogP) is 1.27. The van der Waals surface area contributed by atoms with Crippen molar-refractivity contribution in [3.05, 3.63) is 0 Å². The van der Waals surface area contributed by atoms with Gasteiger partial charge in [-0.15, -0.1) is 0 Å². The fraction of sp³-hybridized carbons (Fsp3) is 0.846. The Bertz CT molecular complexity index is 325. The topological polar surface area (TPSA) is 66.8 Å². The van der Waals surface area contributed by atoms with E-state index in [1.165, 1.54) is 4.90 Å². The number of amides is 1. The van der Waals surface area contributed by atoms with E-state index in [1.54, 1.807) is 0 Å². The maximum absolute atomic E-state index is 12.0. The maximum atomic E-state index is 12.0. The molecule has 5 nitrogen and oxygen atoms in total. The summed E-state index contributed by atoms with van der Waals surface area (Å²) in [5.74, 6) is -0.495. The second-order valence-electron chi connectivity index (χ2n) is 5.20. The third-order valence-electron chi connectivity index (χ3n) is 3.92. The van der Waals surface area contributed by atoms with Gasteiger partial charge in [0.05, 0.1) is 6.10 Å². The van der Waals surface area contributed by atoms with Crippen LogP contribution in [0.25, 0.3) is 0 Å². The van der Waals surface area contributed by atoms with Crippen LogP contribution in [-0.4, -0.2) is 47.2 Å². The molecule has 1 aliphatic heterocycles. The molecule has 0 radical (unpaired) electrons. The number of carbonyl (C=O) groups is 2. The number of hydrogen-bond acceptors (Lipinski definition) is 3. The van der Waals surface area contributed by atoms with Crippen molar-refractivity contribution in [3.63, 3.8) is 0 Å². The van der Waals surface area contributed by atoms with Gasteiger partial charge in [0.2, 0.25) is 5.91 Å². The number of carboxylic acid groups (broad SMARTS) is 1. The van der Waals surface area contributed by atoms with Crippen molar-refractivity contribution in [2.75, 3.05) is 13.2 Å². The Morgan fingerprint density at radius 2 is 2.11 bits per heavy atom. The number of carbonyl (C=O) groups excluding carboxylic acids is 1. The smallest absolute Gasteiger partial charge is 0.326 e. The highest BCUT2D eigenvalue weighted by atomic mass is 16.5. The maximum Gasteiger partial charge on any atom is 0.326 e. The van der Waals surface area contributed by atoms with Crippen molar-refractivity contribution >= 4 is 11.9 Å². The van der Waals surface area contributed by atoms with Crippen molar-refractivity contribution in [2.45, 2.75) is 51.2 Å². The van der Waals surface area contributed by atoms with E-state index >= 15 is 0 Å². The monoisotopic (exact) mass is 255 g/mol. The molecular weight excluding hydrogens is 234 g/mol. The molecule has 0 aromatic rings. The van der Waals surface area contributed by atoms with E-state index in [4.69, 9.17) is 9.84 Å². The largest absolute Gasteiger partial charge is 0.480 e. The van der Waals surface area contributed by atoms with Gasteiger partial charge in [0.15, 0.2) is 0 Å². The number of hydrogen-bond donors (Lipinski definition) is 1. The van der Waals surface area contributed by atoms with Crippen LogP contribution >= 0.6 is 0 Å². The van der Waals surface area contributed by atoms with Gasteiger partial charge in [0.1, 0.15) is 6.04 Å². The standard InChI is InChI=1S/C13H21NO4/c1-2-18-10-6-9(7-10)8-12(15)14-5-3-4-11(14)13(16)17/h9-11H,2-8H2,1H3,(H,16,17)/t9?,10?,11-/m1/s1. The molecule has 1 atom stereocenters. The van der Waals surface area contributed by atoms with Crippen LogP contribution in [0.1, 0.15) is 39.0 Å². The Hall–Kier alpha value is -1.10. The van der Waals surface area contributed by atoms with Crippen LogP contribution < -0.4 is 0 Å². The summed E-state index contributed by atoms with van der Waals surface area (Å²) in [5.41, 5.74) is 0. The van der Waals surface area contributed by atoms with Crippen molar-refractivity contribution in [1.29, 1.82) is 0 Å². The van der Waals surface area contributed by atoms with Crippen LogP contribution in [0.5, 0.6) is 0 Å². The van der Waals surface area contributed by atoms with Crippen molar-refractivity contribution < 1.29 is 19.4 Å². The molecule has 1 amide bonds. The second kappa shape index (κ2) is 5.69. The predicted molar refractivity (Wildman–Crippen MR) is 65.1 cm³/mol. The lowest BCUT2D eigenvalue weighted by Crippen LogP contribution is -2.43. The number of rotatable bonds is 5. The summed E-state index contributed by atoms with van der Waals surface area (Å²) < 4.78 is 5.46. The van der Waals surface area contributed by atoms with E-state index < -0.39 is 12.0 Å². The average Bonchev–Trinajstić information content (AvgIpc) is 2.75. The first-order valence-corrected chi connectivity index (χ1v) is 6.75. The van der Waals surface area contributed by atoms with Gasteiger partial charge in [-0.2, -0.15) is 0 Å². The lowest BCUT2D eigenvalue weighted by molar-refractivity contribution is -0.149. The Kier molecular flexibility index (Phi) is 4.22. The molecule has 102 valence electrons. The molecule has 0 spiro atoms. The molecule has 0 bridgehead atoms. The van der Waals surface area contributed by atoms with Crippen molar-refractivity contribution in [1.82, 2.24) is 4.90 Å². The molecule has 1 N–H and O–H groups in total. The summed E-state index contributed by atoms with van der Waals surface area (Å²) in [5, 5.41) is 9.04. The molecule has 1 heterocycles. The highest BCUT2D eigenvalue weighted by Gasteiger charge is 2.37. The van der Waals surface area contributed by atoms with Gasteiger partial charge < -0.3 is 14.7 Å². The van der Waals surface area contributed by atoms with Crippen LogP contribution in [-0.2, 0) is 14.3 Å². The first-order chi connectivity index (χ1) is 8.61. The minimum Gasteiger partial charge on any atom is -0.480 e. The number of aliphatic carboxylic acids is 1. The van der Waals surface area contributed by atoms with E-state index in [1.807, 2.05) is 6.92 Å². The zero-order chi connectivity index (χ0) is 13.1. The molecule has 1 saturated heterocycles. The third kappa shape index (κ3) is 2.83. The van der Waals surface area contributed by atoms with Crippen LogP contribution in [0.2, 0.25) is 0 Å². The molecular formula is C13H21NO4. The fourth-order valence-electron chi connectivity index (χ4n) is 2.90. The first-order valence-electron chi connectivity index (χ1n) is 6.75. The fourth-order valence-corrected chi connectivity index (χ4v) is 2.90. The second-order valence-corrected chi connectivity index (χ2v) is 5.20. The van der Waals surface area contributed by atoms with E-state index in [2.05, 4.69) is 0 Å². The normalized spacial score (nSPS) is 31.2. The molecule has 0 unspecified atom stereocenters. The molecule has 18 heavy (non-hydrogen) atoms. The Morgan fingerprint density at radius 3 is 2.72 bits per heavy atom. The molecule has 0 aromatic heterocycles. The van der Waals surface area contributed by atoms with Crippen LogP contribution in [0.15, 0.2) is 0 Å². The first kappa shape index (κ1) is 13.3. The highest BCUT2D eigenvalue weighted by molar-refractivity contribution is 5.84. The van der Waals surface area contributed by atoms with Gasteiger partial charge in [0.25, 0.3) is 0 Å². The molecule has 2 rings (SSSR count). The summed E-state index contributed by atoms with van der Waals surface area (Å²) in [6.07, 6.45) is 4.05. The SMILES string of the molecule is CCOC1CC(CC(=O)N2CCC[C@@H]2C(=O)O)C1. The molecule has 2 aliphatic rings. The van der Waals surface area contributed by atoms with E-state index in [0.717, 1.165) is 25.9 Å². The van der Waals surface area contributed by atoms with Gasteiger partial charge in [0, 0.05) is 19.6 Å². The number of carboxylic acids is 1. The van der Waals surface area contributed by atoms with E-state index in [0.29, 0.717) is 31.4 Å². The van der Waals surface area contributed by atoms with Crippen LogP contribution in [0.3, 0.4) is 0 Å². The van der Waals surface area contributed by atoms with Gasteiger partial charge in [-0.05, 0) is 38.5 Å². The molecule has 5 heteroatoms. The number of nitrogens with zero attached hydrogens (tertiary/aromatic N) is 1. The van der Waals surface area contributed by atoms with Gasteiger partial charge >= 0.3 is 5.97 Å². The quantitative estimate of drug-likeness (QED) is 0.803. The lowest BCUT2D eigenvalue weighted by Gasteiger charge is -2.35. The van der Waals surface area contributed by atoms with Gasteiger partial charge in [-0.25, -0.2) is 4.79 Å². The van der Waals surface area contributed by atoms with Crippen molar-refractivity contribution in [2.24, 2.45) is 5.92 Å².